The topological polar surface area (TPSA) is 96.9 Å². The van der Waals surface area contributed by atoms with Crippen molar-refractivity contribution in [3.8, 4) is 5.88 Å². The van der Waals surface area contributed by atoms with Gasteiger partial charge in [-0.2, -0.15) is 0 Å². The summed E-state index contributed by atoms with van der Waals surface area (Å²) in [6.07, 6.45) is 3.91. The molecule has 1 aromatic carbocycles. The van der Waals surface area contributed by atoms with Crippen molar-refractivity contribution in [1.82, 2.24) is 14.0 Å². The van der Waals surface area contributed by atoms with Gasteiger partial charge in [0.15, 0.2) is 0 Å². The van der Waals surface area contributed by atoms with Crippen molar-refractivity contribution < 1.29 is 9.90 Å². The minimum absolute atomic E-state index is 0.0325. The van der Waals surface area contributed by atoms with Gasteiger partial charge in [-0.05, 0) is 57.2 Å². The van der Waals surface area contributed by atoms with Crippen LogP contribution in [0.5, 0.6) is 5.88 Å². The predicted octanol–water partition coefficient (Wildman–Crippen LogP) is 2.95. The molecule has 178 valence electrons. The van der Waals surface area contributed by atoms with Gasteiger partial charge in [-0.3, -0.25) is 18.7 Å². The molecule has 2 heterocycles. The number of hydrogen-bond acceptors (Lipinski definition) is 6. The molecule has 2 aromatic rings. The largest absolute Gasteiger partial charge is 0.494 e. The maximum absolute atomic E-state index is 13.1. The first-order valence-corrected chi connectivity index (χ1v) is 12.2. The number of aliphatic imine (C=N–C) groups is 1. The van der Waals surface area contributed by atoms with Crippen LogP contribution in [0.3, 0.4) is 0 Å². The standard InChI is InChI=1S/C24H32N4O4S/c1-6-17-10-12-18(13-11-17)25-21(20-22(30)26(4)24(32)27(5)23(20)31)33-14-19(29)28-15(2)8-7-9-16(28)3/h10-13,15-16,30H,6-9,14H2,1-5H3. The van der Waals surface area contributed by atoms with Gasteiger partial charge < -0.3 is 10.0 Å². The maximum Gasteiger partial charge on any atom is 0.333 e. The summed E-state index contributed by atoms with van der Waals surface area (Å²) in [6.45, 7) is 6.16. The van der Waals surface area contributed by atoms with E-state index in [-0.39, 0.29) is 34.4 Å². The Labute approximate surface area is 198 Å². The molecule has 1 saturated heterocycles. The number of nitrogens with zero attached hydrogens (tertiary/aromatic N) is 4. The number of thioether (sulfide) groups is 1. The summed E-state index contributed by atoms with van der Waals surface area (Å²) in [5.74, 6) is -0.423. The quantitative estimate of drug-likeness (QED) is 0.533. The highest BCUT2D eigenvalue weighted by atomic mass is 32.2. The minimum atomic E-state index is -0.654. The summed E-state index contributed by atoms with van der Waals surface area (Å²) < 4.78 is 1.94. The zero-order valence-corrected chi connectivity index (χ0v) is 20.7. The van der Waals surface area contributed by atoms with Gasteiger partial charge in [-0.25, -0.2) is 9.79 Å². The molecule has 1 fully saturated rings. The number of benzene rings is 1. The highest BCUT2D eigenvalue weighted by Crippen LogP contribution is 2.27. The van der Waals surface area contributed by atoms with E-state index >= 15 is 0 Å². The van der Waals surface area contributed by atoms with Crippen molar-refractivity contribution in [2.45, 2.75) is 58.5 Å². The summed E-state index contributed by atoms with van der Waals surface area (Å²) in [5, 5.41) is 10.9. The lowest BCUT2D eigenvalue weighted by Gasteiger charge is -2.39. The Morgan fingerprint density at radius 2 is 1.70 bits per heavy atom. The number of piperidine rings is 1. The number of carbonyl (C=O) groups excluding carboxylic acids is 1. The van der Waals surface area contributed by atoms with Crippen LogP contribution in [0.4, 0.5) is 5.69 Å². The second kappa shape index (κ2) is 10.4. The van der Waals surface area contributed by atoms with Crippen molar-refractivity contribution in [3.05, 3.63) is 56.2 Å². The fourth-order valence-corrected chi connectivity index (χ4v) is 5.12. The number of rotatable bonds is 5. The van der Waals surface area contributed by atoms with E-state index in [1.165, 1.54) is 14.1 Å². The van der Waals surface area contributed by atoms with E-state index < -0.39 is 17.1 Å². The molecule has 1 aliphatic rings. The normalized spacial score (nSPS) is 19.1. The van der Waals surface area contributed by atoms with Gasteiger partial charge in [0, 0.05) is 26.2 Å². The molecule has 3 rings (SSSR count). The molecular formula is C24H32N4O4S. The van der Waals surface area contributed by atoms with E-state index in [4.69, 9.17) is 0 Å². The van der Waals surface area contributed by atoms with Crippen LogP contribution in [0.1, 0.15) is 51.2 Å². The van der Waals surface area contributed by atoms with Crippen molar-refractivity contribution in [1.29, 1.82) is 0 Å². The summed E-state index contributed by atoms with van der Waals surface area (Å²) in [7, 11) is 2.75. The van der Waals surface area contributed by atoms with Crippen LogP contribution < -0.4 is 11.2 Å². The molecule has 0 spiro atoms. The molecule has 2 atom stereocenters. The van der Waals surface area contributed by atoms with Gasteiger partial charge in [-0.15, -0.1) is 0 Å². The maximum atomic E-state index is 13.1. The molecule has 0 bridgehead atoms. The Balaban J connectivity index is 2.02. The number of amides is 1. The average molecular weight is 473 g/mol. The zero-order chi connectivity index (χ0) is 24.3. The third-order valence-corrected chi connectivity index (χ3v) is 7.20. The smallest absolute Gasteiger partial charge is 0.333 e. The lowest BCUT2D eigenvalue weighted by molar-refractivity contribution is -0.134. The van der Waals surface area contributed by atoms with E-state index in [1.54, 1.807) is 0 Å². The zero-order valence-electron chi connectivity index (χ0n) is 19.9. The Morgan fingerprint density at radius 1 is 1.09 bits per heavy atom. The average Bonchev–Trinajstić information content (AvgIpc) is 2.80. The molecule has 1 N–H and O–H groups in total. The van der Waals surface area contributed by atoms with E-state index in [1.807, 2.05) is 29.2 Å². The SMILES string of the molecule is CCc1ccc(N=C(SCC(=O)N2C(C)CCCC2C)c2c(O)n(C)c(=O)n(C)c2=O)cc1. The van der Waals surface area contributed by atoms with Crippen LogP contribution in [-0.4, -0.2) is 47.9 Å². The van der Waals surface area contributed by atoms with Crippen LogP contribution in [0.15, 0.2) is 38.8 Å². The number of aromatic hydroxyl groups is 1. The Morgan fingerprint density at radius 3 is 2.27 bits per heavy atom. The molecular weight excluding hydrogens is 440 g/mol. The summed E-state index contributed by atoms with van der Waals surface area (Å²) >= 11 is 1.11. The third-order valence-electron chi connectivity index (χ3n) is 6.24. The van der Waals surface area contributed by atoms with Crippen LogP contribution >= 0.6 is 11.8 Å². The highest BCUT2D eigenvalue weighted by molar-refractivity contribution is 8.15. The molecule has 1 aliphatic heterocycles. The number of carbonyl (C=O) groups is 1. The molecule has 33 heavy (non-hydrogen) atoms. The van der Waals surface area contributed by atoms with Gasteiger partial charge in [0.2, 0.25) is 11.8 Å². The Kier molecular flexibility index (Phi) is 7.84. The van der Waals surface area contributed by atoms with Gasteiger partial charge >= 0.3 is 5.69 Å². The fraction of sp³-hybridized carbons (Fsp3) is 0.500. The molecule has 9 heteroatoms. The molecule has 0 saturated carbocycles. The predicted molar refractivity (Wildman–Crippen MR) is 133 cm³/mol. The molecule has 1 aromatic heterocycles. The van der Waals surface area contributed by atoms with Gasteiger partial charge in [0.25, 0.3) is 5.56 Å². The first kappa shape index (κ1) is 24.8. The van der Waals surface area contributed by atoms with Crippen LogP contribution in [0.25, 0.3) is 0 Å². The molecule has 8 nitrogen and oxygen atoms in total. The first-order valence-electron chi connectivity index (χ1n) is 11.3. The lowest BCUT2D eigenvalue weighted by atomic mass is 9.98. The van der Waals surface area contributed by atoms with Crippen LogP contribution in [-0.2, 0) is 25.3 Å². The van der Waals surface area contributed by atoms with Crippen molar-refractivity contribution >= 4 is 28.4 Å². The van der Waals surface area contributed by atoms with E-state index in [0.717, 1.165) is 52.1 Å². The number of aryl methyl sites for hydroxylation is 1. The van der Waals surface area contributed by atoms with Gasteiger partial charge in [-0.1, -0.05) is 30.8 Å². The number of likely N-dealkylation sites (tertiary alicyclic amines) is 1. The summed E-state index contributed by atoms with van der Waals surface area (Å²) in [6, 6.07) is 7.87. The molecule has 0 aliphatic carbocycles. The summed E-state index contributed by atoms with van der Waals surface area (Å²) in [5.41, 5.74) is 0.366. The van der Waals surface area contributed by atoms with E-state index in [0.29, 0.717) is 5.69 Å². The lowest BCUT2D eigenvalue weighted by Crippen LogP contribution is -2.48. The minimum Gasteiger partial charge on any atom is -0.494 e. The number of aromatic nitrogens is 2. The second-order valence-electron chi connectivity index (χ2n) is 8.56. The van der Waals surface area contributed by atoms with Gasteiger partial charge in [0.1, 0.15) is 10.6 Å². The monoisotopic (exact) mass is 472 g/mol. The Hall–Kier alpha value is -2.81. The van der Waals surface area contributed by atoms with Crippen LogP contribution in [0, 0.1) is 0 Å². The van der Waals surface area contributed by atoms with Crippen molar-refractivity contribution in [3.63, 3.8) is 0 Å². The van der Waals surface area contributed by atoms with E-state index in [2.05, 4.69) is 25.8 Å². The Bertz CT molecular complexity index is 1160. The molecule has 2 unspecified atom stereocenters. The molecule has 0 radical (unpaired) electrons. The highest BCUT2D eigenvalue weighted by Gasteiger charge is 2.30. The van der Waals surface area contributed by atoms with Crippen molar-refractivity contribution in [2.75, 3.05) is 5.75 Å². The molecule has 1 amide bonds. The van der Waals surface area contributed by atoms with Gasteiger partial charge in [0.05, 0.1) is 11.4 Å². The fourth-order valence-electron chi connectivity index (χ4n) is 4.22. The number of hydrogen-bond donors (Lipinski definition) is 1. The first-order chi connectivity index (χ1) is 15.6. The van der Waals surface area contributed by atoms with Crippen molar-refractivity contribution in [2.24, 2.45) is 19.1 Å². The summed E-state index contributed by atoms with van der Waals surface area (Å²) in [4.78, 5) is 44.8. The van der Waals surface area contributed by atoms with E-state index in [9.17, 15) is 19.5 Å². The second-order valence-corrected chi connectivity index (χ2v) is 9.52. The third kappa shape index (κ3) is 5.24. The van der Waals surface area contributed by atoms with Crippen LogP contribution in [0.2, 0.25) is 0 Å².